The van der Waals surface area contributed by atoms with E-state index >= 15 is 0 Å². The van der Waals surface area contributed by atoms with Gasteiger partial charge in [0, 0.05) is 68.0 Å². The van der Waals surface area contributed by atoms with Crippen LogP contribution in [0.2, 0.25) is 5.02 Å². The van der Waals surface area contributed by atoms with Crippen molar-refractivity contribution in [2.75, 3.05) is 49.6 Å². The third kappa shape index (κ3) is 5.13. The maximum Gasteiger partial charge on any atom is 0.229 e. The van der Waals surface area contributed by atoms with Gasteiger partial charge in [0.05, 0.1) is 35.6 Å². The van der Waals surface area contributed by atoms with Crippen LogP contribution in [0.1, 0.15) is 38.8 Å². The Kier molecular flexibility index (Phi) is 7.03. The van der Waals surface area contributed by atoms with Crippen LogP contribution in [0.5, 0.6) is 0 Å². The second-order valence-corrected chi connectivity index (χ2v) is 12.3. The molecule has 2 aromatic heterocycles. The number of hydrogen-bond acceptors (Lipinski definition) is 7. The summed E-state index contributed by atoms with van der Waals surface area (Å²) in [6.45, 7) is 11.5. The summed E-state index contributed by atoms with van der Waals surface area (Å²) in [5, 5.41) is 20.5. The zero-order valence-electron chi connectivity index (χ0n) is 22.8. The van der Waals surface area contributed by atoms with Gasteiger partial charge in [-0.05, 0) is 48.9 Å². The van der Waals surface area contributed by atoms with E-state index in [1.807, 2.05) is 29.1 Å². The summed E-state index contributed by atoms with van der Waals surface area (Å²) in [7, 11) is 0. The highest BCUT2D eigenvalue weighted by Gasteiger charge is 2.46. The summed E-state index contributed by atoms with van der Waals surface area (Å²) in [6.07, 6.45) is 3.95. The Bertz CT molecular complexity index is 1370. The van der Waals surface area contributed by atoms with E-state index < -0.39 is 6.10 Å². The number of halogens is 1. The van der Waals surface area contributed by atoms with Gasteiger partial charge >= 0.3 is 0 Å². The Morgan fingerprint density at radius 1 is 1.23 bits per heavy atom. The molecule has 3 aromatic rings. The Morgan fingerprint density at radius 3 is 2.74 bits per heavy atom. The molecular weight excluding hydrogens is 516 g/mol. The number of ether oxygens (including phenoxy) is 1. The Morgan fingerprint density at radius 2 is 2.03 bits per heavy atom. The number of fused-ring (bicyclic) bond motifs is 1. The first-order chi connectivity index (χ1) is 18.7. The number of carbonyl (C=O) groups excluding carboxylic acids is 1. The van der Waals surface area contributed by atoms with Gasteiger partial charge < -0.3 is 20.1 Å². The fourth-order valence-corrected chi connectivity index (χ4v) is 6.36. The molecule has 0 spiro atoms. The van der Waals surface area contributed by atoms with Crippen molar-refractivity contribution in [2.24, 2.45) is 11.8 Å². The van der Waals surface area contributed by atoms with Gasteiger partial charge in [-0.2, -0.15) is 5.10 Å². The second-order valence-electron chi connectivity index (χ2n) is 11.9. The Hall–Kier alpha value is -2.72. The molecule has 1 aliphatic carbocycles. The minimum absolute atomic E-state index is 0.000954. The average molecular weight is 553 g/mol. The number of aliphatic hydroxyl groups excluding tert-OH is 1. The lowest BCUT2D eigenvalue weighted by Crippen LogP contribution is -2.60. The van der Waals surface area contributed by atoms with E-state index in [0.717, 1.165) is 61.3 Å². The fraction of sp³-hybridized carbons (Fsp3) is 0.552. The summed E-state index contributed by atoms with van der Waals surface area (Å²) >= 11 is 6.71. The Labute approximate surface area is 234 Å². The number of hydrogen-bond donors (Lipinski definition) is 2. The van der Waals surface area contributed by atoms with Gasteiger partial charge in [-0.15, -0.1) is 0 Å². The number of carbonyl (C=O) groups is 1. The third-order valence-corrected chi connectivity index (χ3v) is 8.87. The van der Waals surface area contributed by atoms with Crippen LogP contribution in [0, 0.1) is 11.8 Å². The number of pyridine rings is 1. The molecule has 0 radical (unpaired) electrons. The van der Waals surface area contributed by atoms with E-state index in [1.54, 1.807) is 6.20 Å². The molecule has 3 aliphatic rings. The van der Waals surface area contributed by atoms with Crippen molar-refractivity contribution < 1.29 is 14.6 Å². The number of piperazine rings is 1. The van der Waals surface area contributed by atoms with Crippen molar-refractivity contribution >= 4 is 39.8 Å². The van der Waals surface area contributed by atoms with Crippen molar-refractivity contribution in [3.63, 3.8) is 0 Å². The molecular formula is C29H37ClN6O3. The van der Waals surface area contributed by atoms with Gasteiger partial charge in [0.1, 0.15) is 5.82 Å². The number of nitrogens with one attached hydrogen (secondary N) is 1. The monoisotopic (exact) mass is 552 g/mol. The molecule has 1 amide bonds. The van der Waals surface area contributed by atoms with Crippen LogP contribution in [0.3, 0.4) is 0 Å². The molecule has 2 aliphatic heterocycles. The minimum Gasteiger partial charge on any atom is -0.389 e. The quantitative estimate of drug-likeness (QED) is 0.461. The highest BCUT2D eigenvalue weighted by molar-refractivity contribution is 6.34. The van der Waals surface area contributed by atoms with Crippen molar-refractivity contribution in [1.29, 1.82) is 0 Å². The number of anilines is 2. The number of amides is 1. The van der Waals surface area contributed by atoms with Crippen molar-refractivity contribution in [3.05, 3.63) is 47.4 Å². The molecule has 9 nitrogen and oxygen atoms in total. The van der Waals surface area contributed by atoms with Gasteiger partial charge in [-0.1, -0.05) is 25.4 Å². The largest absolute Gasteiger partial charge is 0.389 e. The zero-order chi connectivity index (χ0) is 27.3. The first-order valence-electron chi connectivity index (χ1n) is 13.9. The highest BCUT2D eigenvalue weighted by atomic mass is 35.5. The molecule has 2 saturated heterocycles. The Balaban J connectivity index is 1.13. The normalized spacial score (nSPS) is 27.4. The summed E-state index contributed by atoms with van der Waals surface area (Å²) in [5.74, 6) is 1.19. The molecule has 1 saturated carbocycles. The molecule has 4 heterocycles. The molecule has 208 valence electrons. The van der Waals surface area contributed by atoms with Crippen molar-refractivity contribution in [1.82, 2.24) is 19.7 Å². The average Bonchev–Trinajstić information content (AvgIpc) is 3.46. The first kappa shape index (κ1) is 26.5. The van der Waals surface area contributed by atoms with Crippen LogP contribution in [0.15, 0.2) is 36.7 Å². The standard InChI is InChI=1S/C29H37ClN6O3/c1-18(2)15-36-24(4-5-32-36)21-13-22(21)28(38)33-27-12-19-11-25(23(30)10-20(19)14-31-27)34-6-8-35(9-7-34)29(3)17-39-16-26(29)37/h4-5,10-12,14,18,21-22,26,37H,6-9,13,15-17H2,1-3H3,(H,31,33,38)/t21-,22-,26+,29-/m1/s1. The van der Waals surface area contributed by atoms with Crippen molar-refractivity contribution in [2.45, 2.75) is 51.3 Å². The lowest BCUT2D eigenvalue weighted by atomic mass is 9.95. The lowest BCUT2D eigenvalue weighted by Gasteiger charge is -2.45. The summed E-state index contributed by atoms with van der Waals surface area (Å²) in [5.41, 5.74) is 1.77. The lowest BCUT2D eigenvalue weighted by molar-refractivity contribution is -0.117. The zero-order valence-corrected chi connectivity index (χ0v) is 23.6. The van der Waals surface area contributed by atoms with Gasteiger partial charge in [0.15, 0.2) is 0 Å². The van der Waals surface area contributed by atoms with Crippen LogP contribution < -0.4 is 10.2 Å². The number of rotatable bonds is 7. The van der Waals surface area contributed by atoms with E-state index in [-0.39, 0.29) is 23.3 Å². The molecule has 10 heteroatoms. The molecule has 0 bridgehead atoms. The first-order valence-corrected chi connectivity index (χ1v) is 14.3. The van der Waals surface area contributed by atoms with E-state index in [4.69, 9.17) is 16.3 Å². The van der Waals surface area contributed by atoms with E-state index in [1.165, 1.54) is 0 Å². The maximum atomic E-state index is 13.1. The molecule has 4 atom stereocenters. The SMILES string of the molecule is CC(C)Cn1nccc1[C@@H]1C[C@H]1C(=O)Nc1cc2cc(N3CCN([C@]4(C)COC[C@@H]4O)CC3)c(Cl)cc2cn1. The summed E-state index contributed by atoms with van der Waals surface area (Å²) < 4.78 is 7.57. The maximum absolute atomic E-state index is 13.1. The number of benzene rings is 1. The van der Waals surface area contributed by atoms with Gasteiger partial charge in [-0.25, -0.2) is 4.98 Å². The van der Waals surface area contributed by atoms with E-state index in [9.17, 15) is 9.90 Å². The van der Waals surface area contributed by atoms with Crippen molar-refractivity contribution in [3.8, 4) is 0 Å². The molecule has 1 aromatic carbocycles. The minimum atomic E-state index is -0.470. The van der Waals surface area contributed by atoms with E-state index in [2.05, 4.69) is 52.0 Å². The second kappa shape index (κ2) is 10.4. The fourth-order valence-electron chi connectivity index (χ4n) is 6.06. The molecule has 39 heavy (non-hydrogen) atoms. The summed E-state index contributed by atoms with van der Waals surface area (Å²) in [4.78, 5) is 22.2. The third-order valence-electron chi connectivity index (χ3n) is 8.56. The predicted molar refractivity (Wildman–Crippen MR) is 152 cm³/mol. The number of aliphatic hydroxyl groups is 1. The van der Waals surface area contributed by atoms with Gasteiger partial charge in [0.25, 0.3) is 0 Å². The predicted octanol–water partition coefficient (Wildman–Crippen LogP) is 3.75. The van der Waals surface area contributed by atoms with Crippen LogP contribution in [-0.4, -0.2) is 81.7 Å². The van der Waals surface area contributed by atoms with Crippen LogP contribution in [0.25, 0.3) is 10.8 Å². The molecule has 0 unspecified atom stereocenters. The molecule has 2 N–H and O–H groups in total. The number of aromatic nitrogens is 3. The van der Waals surface area contributed by atoms with E-state index in [0.29, 0.717) is 30.0 Å². The van der Waals surface area contributed by atoms with Gasteiger partial charge in [-0.3, -0.25) is 14.4 Å². The molecule has 3 fully saturated rings. The van der Waals surface area contributed by atoms with Gasteiger partial charge in [0.2, 0.25) is 5.91 Å². The number of nitrogens with zero attached hydrogens (tertiary/aromatic N) is 5. The summed E-state index contributed by atoms with van der Waals surface area (Å²) in [6, 6.07) is 7.99. The van der Waals surface area contributed by atoms with Crippen LogP contribution >= 0.6 is 11.6 Å². The van der Waals surface area contributed by atoms with Crippen LogP contribution in [-0.2, 0) is 16.1 Å². The topological polar surface area (TPSA) is 95.8 Å². The smallest absolute Gasteiger partial charge is 0.229 e. The highest BCUT2D eigenvalue weighted by Crippen LogP contribution is 2.48. The molecule has 6 rings (SSSR count). The van der Waals surface area contributed by atoms with Crippen LogP contribution in [0.4, 0.5) is 11.5 Å².